The van der Waals surface area contributed by atoms with E-state index in [2.05, 4.69) is 25.3 Å². The van der Waals surface area contributed by atoms with Crippen LogP contribution in [0.25, 0.3) is 11.5 Å². The van der Waals surface area contributed by atoms with Gasteiger partial charge in [0.25, 0.3) is 5.91 Å². The number of amides is 2. The third-order valence-corrected chi connectivity index (χ3v) is 6.49. The molecule has 0 bridgehead atoms. The highest BCUT2D eigenvalue weighted by Crippen LogP contribution is 2.37. The van der Waals surface area contributed by atoms with Gasteiger partial charge < -0.3 is 34.4 Å². The van der Waals surface area contributed by atoms with Crippen LogP contribution in [0.3, 0.4) is 0 Å². The van der Waals surface area contributed by atoms with E-state index >= 15 is 0 Å². The summed E-state index contributed by atoms with van der Waals surface area (Å²) in [6, 6.07) is 8.66. The van der Waals surface area contributed by atoms with Crippen LogP contribution in [0.2, 0.25) is 0 Å². The zero-order chi connectivity index (χ0) is 34.6. The minimum Gasteiger partial charge on any atom is -0.489 e. The van der Waals surface area contributed by atoms with Gasteiger partial charge in [-0.1, -0.05) is 19.4 Å². The molecular weight excluding hydrogens is 618 g/mol. The van der Waals surface area contributed by atoms with Crippen molar-refractivity contribution in [1.82, 2.24) is 20.6 Å². The van der Waals surface area contributed by atoms with Crippen LogP contribution in [-0.2, 0) is 16.1 Å². The average Bonchev–Trinajstić information content (AvgIpc) is 3.74. The van der Waals surface area contributed by atoms with Crippen molar-refractivity contribution in [1.29, 1.82) is 0 Å². The molecule has 3 aromatic rings. The van der Waals surface area contributed by atoms with Crippen molar-refractivity contribution < 1.29 is 46.9 Å². The number of unbranched alkanes of at least 4 members (excludes halogenated alkanes) is 1. The molecule has 1 fully saturated rings. The first-order valence-corrected chi connectivity index (χ1v) is 15.4. The van der Waals surface area contributed by atoms with Gasteiger partial charge in [0, 0.05) is 18.2 Å². The molecule has 1 aliphatic rings. The smallest absolute Gasteiger partial charge is 0.408 e. The summed E-state index contributed by atoms with van der Waals surface area (Å²) in [5.41, 5.74) is 0.283. The maximum absolute atomic E-state index is 13.0. The van der Waals surface area contributed by atoms with Gasteiger partial charge in [-0.3, -0.25) is 14.6 Å². The molecule has 0 unspecified atom stereocenters. The molecule has 1 saturated carbocycles. The molecule has 4 rings (SSSR count). The summed E-state index contributed by atoms with van der Waals surface area (Å²) in [7, 11) is 0. The Bertz CT molecular complexity index is 1470. The second kappa shape index (κ2) is 17.2. The minimum absolute atomic E-state index is 0.0355. The molecule has 1 aliphatic carbocycles. The number of halogens is 2. The number of nitrogens with zero attached hydrogens (tertiary/aromatic N) is 2. The average molecular weight is 661 g/mol. The Hall–Kier alpha value is -4.75. The van der Waals surface area contributed by atoms with E-state index in [1.807, 2.05) is 6.92 Å². The van der Waals surface area contributed by atoms with E-state index in [4.69, 9.17) is 19.0 Å². The fourth-order valence-electron chi connectivity index (χ4n) is 4.02. The molecule has 3 N–H and O–H groups in total. The number of carbonyl (C=O) groups is 3. The van der Waals surface area contributed by atoms with Crippen LogP contribution in [0.4, 0.5) is 13.6 Å². The molecular formula is C33H42F2N4O8. The van der Waals surface area contributed by atoms with E-state index in [1.54, 1.807) is 45.9 Å². The number of hydrogen-bond donors (Lipinski definition) is 3. The van der Waals surface area contributed by atoms with Crippen molar-refractivity contribution in [3.8, 4) is 23.0 Å². The van der Waals surface area contributed by atoms with Gasteiger partial charge in [0.15, 0.2) is 17.3 Å². The number of aliphatic carboxylic acids is 1. The molecule has 0 radical (unpaired) electrons. The number of alkyl halides is 2. The number of benzene rings is 1. The topological polar surface area (TPSA) is 162 Å². The Morgan fingerprint density at radius 2 is 1.87 bits per heavy atom. The van der Waals surface area contributed by atoms with Gasteiger partial charge in [0.05, 0.1) is 19.2 Å². The number of hydrogen-bond acceptors (Lipinski definition) is 9. The predicted octanol–water partition coefficient (Wildman–Crippen LogP) is 6.90. The summed E-state index contributed by atoms with van der Waals surface area (Å²) < 4.78 is 47.7. The van der Waals surface area contributed by atoms with E-state index in [0.29, 0.717) is 30.2 Å². The van der Waals surface area contributed by atoms with Gasteiger partial charge in [0.1, 0.15) is 17.0 Å². The van der Waals surface area contributed by atoms with Crippen molar-refractivity contribution in [3.05, 3.63) is 59.7 Å². The third-order valence-electron chi connectivity index (χ3n) is 6.49. The van der Waals surface area contributed by atoms with Crippen molar-refractivity contribution in [2.75, 3.05) is 6.61 Å². The van der Waals surface area contributed by atoms with Crippen LogP contribution in [-0.4, -0.2) is 51.9 Å². The number of aromatic nitrogens is 2. The Morgan fingerprint density at radius 3 is 2.45 bits per heavy atom. The summed E-state index contributed by atoms with van der Waals surface area (Å²) in [4.78, 5) is 43.4. The monoisotopic (exact) mass is 660 g/mol. The van der Waals surface area contributed by atoms with E-state index < -0.39 is 36.2 Å². The molecule has 2 amide bonds. The molecule has 2 heterocycles. The van der Waals surface area contributed by atoms with Crippen molar-refractivity contribution in [3.63, 3.8) is 0 Å². The second-order valence-electron chi connectivity index (χ2n) is 11.9. The highest BCUT2D eigenvalue weighted by Gasteiger charge is 2.26. The Labute approximate surface area is 272 Å². The van der Waals surface area contributed by atoms with Gasteiger partial charge in [-0.05, 0) is 83.2 Å². The highest BCUT2D eigenvalue weighted by atomic mass is 19.3. The SMILES string of the molecule is CCCCC(=O)O.C[C@H](NC(=O)OC(C)(C)C)c1oc(-c2ccc(OC(F)F)c(OCC3CC3)c2)nc1CNC(=O)c1ccccn1. The van der Waals surface area contributed by atoms with Crippen LogP contribution < -0.4 is 20.1 Å². The van der Waals surface area contributed by atoms with Crippen LogP contribution in [0.1, 0.15) is 94.7 Å². The van der Waals surface area contributed by atoms with Gasteiger partial charge >= 0.3 is 18.7 Å². The molecule has 1 aromatic carbocycles. The zero-order valence-electron chi connectivity index (χ0n) is 27.2. The number of carboxylic acid groups (broad SMARTS) is 1. The van der Waals surface area contributed by atoms with Gasteiger partial charge in [-0.25, -0.2) is 9.78 Å². The number of carboxylic acids is 1. The van der Waals surface area contributed by atoms with Crippen LogP contribution >= 0.6 is 0 Å². The highest BCUT2D eigenvalue weighted by molar-refractivity contribution is 5.92. The normalized spacial score (nSPS) is 13.2. The molecule has 0 spiro atoms. The number of ether oxygens (including phenoxy) is 3. The molecule has 1 atom stereocenters. The quantitative estimate of drug-likeness (QED) is 0.166. The largest absolute Gasteiger partial charge is 0.489 e. The van der Waals surface area contributed by atoms with Crippen LogP contribution in [0.5, 0.6) is 11.5 Å². The molecule has 2 aromatic heterocycles. The summed E-state index contributed by atoms with van der Waals surface area (Å²) in [6.07, 6.45) is 4.96. The van der Waals surface area contributed by atoms with E-state index in [9.17, 15) is 23.2 Å². The molecule has 0 saturated heterocycles. The standard InChI is InChI=1S/C28H32F2N4O6.C5H10O2/c1-16(33-27(36)40-28(2,3)4)23-20(14-32-24(35)19-7-5-6-12-31-19)34-25(39-23)18-10-11-21(38-26(29)30)22(13-18)37-15-17-8-9-17;1-2-3-4-5(6)7/h5-7,10-13,16-17,26H,8-9,14-15H2,1-4H3,(H,32,35)(H,33,36);2-4H2,1H3,(H,6,7)/t16-;/m0./s1. The second-order valence-corrected chi connectivity index (χ2v) is 11.9. The molecule has 12 nitrogen and oxygen atoms in total. The Balaban J connectivity index is 0.000000771. The summed E-state index contributed by atoms with van der Waals surface area (Å²) in [5.74, 6) is -0.297. The van der Waals surface area contributed by atoms with Gasteiger partial charge in [-0.15, -0.1) is 0 Å². The number of rotatable bonds is 14. The first-order chi connectivity index (χ1) is 22.3. The first kappa shape index (κ1) is 36.7. The van der Waals surface area contributed by atoms with E-state index in [-0.39, 0.29) is 35.4 Å². The van der Waals surface area contributed by atoms with E-state index in [0.717, 1.165) is 25.7 Å². The van der Waals surface area contributed by atoms with Crippen molar-refractivity contribution in [2.24, 2.45) is 5.92 Å². The number of alkyl carbamates (subject to hydrolysis) is 1. The predicted molar refractivity (Wildman–Crippen MR) is 167 cm³/mol. The first-order valence-electron chi connectivity index (χ1n) is 15.4. The van der Waals surface area contributed by atoms with Crippen LogP contribution in [0, 0.1) is 5.92 Å². The molecule has 47 heavy (non-hydrogen) atoms. The fraction of sp³-hybridized carbons (Fsp3) is 0.485. The Morgan fingerprint density at radius 1 is 1.13 bits per heavy atom. The number of carbonyl (C=O) groups excluding carboxylic acids is 2. The fourth-order valence-corrected chi connectivity index (χ4v) is 4.02. The van der Waals surface area contributed by atoms with Gasteiger partial charge in [0.2, 0.25) is 5.89 Å². The summed E-state index contributed by atoms with van der Waals surface area (Å²) >= 11 is 0. The lowest BCUT2D eigenvalue weighted by Crippen LogP contribution is -2.34. The third kappa shape index (κ3) is 12.9. The molecule has 14 heteroatoms. The zero-order valence-corrected chi connectivity index (χ0v) is 27.2. The maximum atomic E-state index is 13.0. The Kier molecular flexibility index (Phi) is 13.5. The van der Waals surface area contributed by atoms with E-state index in [1.165, 1.54) is 24.4 Å². The lowest BCUT2D eigenvalue weighted by atomic mass is 10.2. The lowest BCUT2D eigenvalue weighted by Gasteiger charge is -2.21. The number of oxazole rings is 1. The van der Waals surface area contributed by atoms with Gasteiger partial charge in [-0.2, -0.15) is 8.78 Å². The molecule has 0 aliphatic heterocycles. The number of pyridine rings is 1. The lowest BCUT2D eigenvalue weighted by molar-refractivity contribution is -0.137. The summed E-state index contributed by atoms with van der Waals surface area (Å²) in [6.45, 7) is 6.21. The number of nitrogens with one attached hydrogen (secondary N) is 2. The maximum Gasteiger partial charge on any atom is 0.408 e. The van der Waals surface area contributed by atoms with Crippen molar-refractivity contribution in [2.45, 2.75) is 91.5 Å². The minimum atomic E-state index is -3.02. The van der Waals surface area contributed by atoms with Crippen LogP contribution in [0.15, 0.2) is 47.0 Å². The molecule has 256 valence electrons. The summed E-state index contributed by atoms with van der Waals surface area (Å²) in [5, 5.41) is 13.5. The van der Waals surface area contributed by atoms with Crippen molar-refractivity contribution >= 4 is 18.0 Å².